The summed E-state index contributed by atoms with van der Waals surface area (Å²) in [6.07, 6.45) is 0.316. The molecule has 6 heteroatoms. The molecule has 0 aliphatic carbocycles. The van der Waals surface area contributed by atoms with Crippen LogP contribution in [0.4, 0.5) is 4.39 Å². The topological polar surface area (TPSA) is 43.4 Å². The van der Waals surface area contributed by atoms with Crippen LogP contribution in [0.5, 0.6) is 0 Å². The van der Waals surface area contributed by atoms with E-state index in [1.807, 2.05) is 0 Å². The van der Waals surface area contributed by atoms with Gasteiger partial charge in [-0.15, -0.1) is 0 Å². The van der Waals surface area contributed by atoms with Gasteiger partial charge < -0.3 is 4.74 Å². The van der Waals surface area contributed by atoms with Crippen molar-refractivity contribution in [2.24, 2.45) is 0 Å². The van der Waals surface area contributed by atoms with Crippen LogP contribution < -0.4 is 0 Å². The molecule has 0 bridgehead atoms. The van der Waals surface area contributed by atoms with E-state index in [4.69, 9.17) is 4.74 Å². The van der Waals surface area contributed by atoms with E-state index < -0.39 is 15.7 Å². The van der Waals surface area contributed by atoms with Crippen LogP contribution in [0, 0.1) is 5.82 Å². The zero-order valence-electron chi connectivity index (χ0n) is 9.04. The van der Waals surface area contributed by atoms with Crippen molar-refractivity contribution in [1.82, 2.24) is 0 Å². The summed E-state index contributed by atoms with van der Waals surface area (Å²) in [6.45, 7) is 0.479. The zero-order chi connectivity index (χ0) is 12.5. The molecule has 0 amide bonds. The number of hydrogen-bond donors (Lipinski definition) is 1. The molecule has 3 nitrogen and oxygen atoms in total. The van der Waals surface area contributed by atoms with Crippen LogP contribution in [0.25, 0.3) is 0 Å². The molecule has 1 aliphatic rings. The maximum absolute atomic E-state index is 12.7. The molecule has 1 saturated heterocycles. The van der Waals surface area contributed by atoms with Crippen molar-refractivity contribution < 1.29 is 17.5 Å². The van der Waals surface area contributed by atoms with Gasteiger partial charge in [-0.2, -0.15) is 12.6 Å². The molecule has 1 aromatic rings. The molecule has 1 aromatic carbocycles. The summed E-state index contributed by atoms with van der Waals surface area (Å²) in [4.78, 5) is 0.130. The SMILES string of the molecule is O=S(=O)(C[C@H]1C[C@H](S)CO1)c1ccc(F)cc1. The predicted octanol–water partition coefficient (Wildman–Crippen LogP) is 1.69. The minimum Gasteiger partial charge on any atom is -0.376 e. The molecule has 0 radical (unpaired) electrons. The zero-order valence-corrected chi connectivity index (χ0v) is 10.8. The van der Waals surface area contributed by atoms with Crippen LogP contribution in [0.1, 0.15) is 6.42 Å². The Bertz CT molecular complexity index is 484. The first-order valence-corrected chi connectivity index (χ1v) is 7.42. The van der Waals surface area contributed by atoms with Gasteiger partial charge in [-0.25, -0.2) is 12.8 Å². The fourth-order valence-corrected chi connectivity index (χ4v) is 3.57. The van der Waals surface area contributed by atoms with E-state index in [0.717, 1.165) is 12.1 Å². The Hall–Kier alpha value is -0.590. The van der Waals surface area contributed by atoms with Gasteiger partial charge in [0.2, 0.25) is 0 Å². The average Bonchev–Trinajstić information content (AvgIpc) is 2.63. The van der Waals surface area contributed by atoms with Crippen molar-refractivity contribution in [3.8, 4) is 0 Å². The Balaban J connectivity index is 2.11. The van der Waals surface area contributed by atoms with Crippen molar-refractivity contribution in [3.05, 3.63) is 30.1 Å². The van der Waals surface area contributed by atoms with Crippen LogP contribution in [0.3, 0.4) is 0 Å². The van der Waals surface area contributed by atoms with Gasteiger partial charge in [0.25, 0.3) is 0 Å². The van der Waals surface area contributed by atoms with Crippen molar-refractivity contribution in [2.75, 3.05) is 12.4 Å². The number of benzene rings is 1. The van der Waals surface area contributed by atoms with Gasteiger partial charge in [-0.1, -0.05) is 0 Å². The van der Waals surface area contributed by atoms with Gasteiger partial charge in [0.05, 0.1) is 23.4 Å². The van der Waals surface area contributed by atoms with Crippen LogP contribution >= 0.6 is 12.6 Å². The fourth-order valence-electron chi connectivity index (χ4n) is 1.79. The van der Waals surface area contributed by atoms with Crippen LogP contribution in [-0.4, -0.2) is 32.1 Å². The molecule has 94 valence electrons. The van der Waals surface area contributed by atoms with Gasteiger partial charge in [0, 0.05) is 5.25 Å². The predicted molar refractivity (Wildman–Crippen MR) is 65.6 cm³/mol. The van der Waals surface area contributed by atoms with E-state index in [9.17, 15) is 12.8 Å². The monoisotopic (exact) mass is 276 g/mol. The van der Waals surface area contributed by atoms with E-state index in [1.54, 1.807) is 0 Å². The summed E-state index contributed by atoms with van der Waals surface area (Å²) < 4.78 is 42.0. The van der Waals surface area contributed by atoms with Gasteiger partial charge in [-0.05, 0) is 30.7 Å². The highest BCUT2D eigenvalue weighted by atomic mass is 32.2. The number of hydrogen-bond acceptors (Lipinski definition) is 4. The minimum atomic E-state index is -3.41. The molecule has 1 aliphatic heterocycles. The Labute approximate surface area is 105 Å². The second kappa shape index (κ2) is 4.96. The van der Waals surface area contributed by atoms with Crippen molar-refractivity contribution in [3.63, 3.8) is 0 Å². The number of halogens is 1. The second-order valence-corrected chi connectivity index (χ2v) is 6.84. The third-order valence-corrected chi connectivity index (χ3v) is 4.80. The normalized spacial score (nSPS) is 25.1. The number of rotatable bonds is 3. The van der Waals surface area contributed by atoms with E-state index in [1.165, 1.54) is 12.1 Å². The quantitative estimate of drug-likeness (QED) is 0.675. The molecule has 1 heterocycles. The lowest BCUT2D eigenvalue weighted by Crippen LogP contribution is -2.20. The molecule has 0 unspecified atom stereocenters. The Kier molecular flexibility index (Phi) is 3.75. The molecule has 17 heavy (non-hydrogen) atoms. The Morgan fingerprint density at radius 1 is 1.35 bits per heavy atom. The molecule has 2 rings (SSSR count). The first-order valence-electron chi connectivity index (χ1n) is 5.25. The third kappa shape index (κ3) is 3.20. The summed E-state index contributed by atoms with van der Waals surface area (Å²) in [5.41, 5.74) is 0. The highest BCUT2D eigenvalue weighted by molar-refractivity contribution is 7.91. The minimum absolute atomic E-state index is 0.0737. The summed E-state index contributed by atoms with van der Waals surface area (Å²) in [7, 11) is -3.41. The average molecular weight is 276 g/mol. The van der Waals surface area contributed by atoms with E-state index >= 15 is 0 Å². The van der Waals surface area contributed by atoms with Crippen LogP contribution in [0.15, 0.2) is 29.2 Å². The van der Waals surface area contributed by atoms with Crippen LogP contribution in [-0.2, 0) is 14.6 Å². The summed E-state index contributed by atoms with van der Waals surface area (Å²) >= 11 is 4.23. The smallest absolute Gasteiger partial charge is 0.180 e. The first kappa shape index (κ1) is 12.9. The van der Waals surface area contributed by atoms with Crippen molar-refractivity contribution in [2.45, 2.75) is 22.7 Å². The van der Waals surface area contributed by atoms with E-state index in [0.29, 0.717) is 13.0 Å². The molecule has 1 fully saturated rings. The lowest BCUT2D eigenvalue weighted by molar-refractivity contribution is 0.128. The van der Waals surface area contributed by atoms with Crippen molar-refractivity contribution in [1.29, 1.82) is 0 Å². The van der Waals surface area contributed by atoms with Crippen molar-refractivity contribution >= 4 is 22.5 Å². The largest absolute Gasteiger partial charge is 0.376 e. The standard InChI is InChI=1S/C11H13FO3S2/c12-8-1-3-11(4-2-8)17(13,14)7-9-5-10(16)6-15-9/h1-4,9-10,16H,5-7H2/t9-,10+/m1/s1. The second-order valence-electron chi connectivity index (χ2n) is 4.08. The highest BCUT2D eigenvalue weighted by Gasteiger charge is 2.28. The third-order valence-electron chi connectivity index (χ3n) is 2.64. The Morgan fingerprint density at radius 3 is 2.53 bits per heavy atom. The molecule has 0 spiro atoms. The molecule has 0 aromatic heterocycles. The lowest BCUT2D eigenvalue weighted by Gasteiger charge is -2.10. The molecular weight excluding hydrogens is 263 g/mol. The maximum Gasteiger partial charge on any atom is 0.180 e. The maximum atomic E-state index is 12.7. The summed E-state index contributed by atoms with van der Waals surface area (Å²) in [5, 5.41) is 0.100. The van der Waals surface area contributed by atoms with E-state index in [2.05, 4.69) is 12.6 Å². The Morgan fingerprint density at radius 2 is 2.00 bits per heavy atom. The van der Waals surface area contributed by atoms with Gasteiger partial charge in [0.1, 0.15) is 5.82 Å². The summed E-state index contributed by atoms with van der Waals surface area (Å²) in [6, 6.07) is 4.84. The first-order chi connectivity index (χ1) is 7.97. The molecule has 2 atom stereocenters. The molecule has 0 N–H and O–H groups in total. The lowest BCUT2D eigenvalue weighted by atomic mass is 10.3. The van der Waals surface area contributed by atoms with Gasteiger partial charge in [-0.3, -0.25) is 0 Å². The number of thiol groups is 1. The van der Waals surface area contributed by atoms with Crippen LogP contribution in [0.2, 0.25) is 0 Å². The summed E-state index contributed by atoms with van der Waals surface area (Å²) in [5.74, 6) is -0.521. The highest BCUT2D eigenvalue weighted by Crippen LogP contribution is 2.22. The van der Waals surface area contributed by atoms with E-state index in [-0.39, 0.29) is 22.0 Å². The number of sulfone groups is 1. The molecule has 0 saturated carbocycles. The van der Waals surface area contributed by atoms with Gasteiger partial charge >= 0.3 is 0 Å². The fraction of sp³-hybridized carbons (Fsp3) is 0.455. The number of ether oxygens (including phenoxy) is 1. The van der Waals surface area contributed by atoms with Gasteiger partial charge in [0.15, 0.2) is 9.84 Å². The molecular formula is C11H13FO3S2.